The second kappa shape index (κ2) is 6.35. The smallest absolute Gasteiger partial charge is 0.248 e. The number of rotatable bonds is 4. The third-order valence-corrected chi connectivity index (χ3v) is 4.09. The SMILES string of the molecule is CCNC1=NCNc2c1c(-c1cc(C(N)=O)ccc1C)nn2CC. The lowest BCUT2D eigenvalue weighted by molar-refractivity contribution is 0.100. The summed E-state index contributed by atoms with van der Waals surface area (Å²) in [4.78, 5) is 16.1. The largest absolute Gasteiger partial charge is 0.370 e. The van der Waals surface area contributed by atoms with Crippen LogP contribution in [0.4, 0.5) is 5.82 Å². The van der Waals surface area contributed by atoms with E-state index in [0.717, 1.165) is 47.1 Å². The normalized spacial score (nSPS) is 13.0. The van der Waals surface area contributed by atoms with Crippen molar-refractivity contribution in [1.29, 1.82) is 0 Å². The van der Waals surface area contributed by atoms with E-state index in [9.17, 15) is 4.79 Å². The second-order valence-corrected chi connectivity index (χ2v) is 5.65. The van der Waals surface area contributed by atoms with Crippen LogP contribution in [0.15, 0.2) is 23.2 Å². The van der Waals surface area contributed by atoms with Crippen molar-refractivity contribution < 1.29 is 4.79 Å². The zero-order valence-corrected chi connectivity index (χ0v) is 14.2. The molecule has 0 unspecified atom stereocenters. The minimum absolute atomic E-state index is 0.446. The van der Waals surface area contributed by atoms with Crippen LogP contribution < -0.4 is 16.4 Å². The Balaban J connectivity index is 2.23. The standard InChI is InChI=1S/C17H22N6O/c1-4-19-16-13-14(22-23(5-2)17(13)21-9-20-16)12-8-11(15(18)24)7-6-10(12)3/h6-8,21H,4-5,9H2,1-3H3,(H2,18,24)(H,19,20). The number of nitrogens with zero attached hydrogens (tertiary/aromatic N) is 3. The molecule has 0 saturated carbocycles. The highest BCUT2D eigenvalue weighted by molar-refractivity contribution is 6.09. The van der Waals surface area contributed by atoms with Crippen LogP contribution in [0.1, 0.15) is 35.3 Å². The maximum atomic E-state index is 11.6. The van der Waals surface area contributed by atoms with Crippen LogP contribution in [0.2, 0.25) is 0 Å². The Kier molecular flexibility index (Phi) is 4.24. The number of aryl methyl sites for hydroxylation is 2. The van der Waals surface area contributed by atoms with E-state index in [1.807, 2.05) is 31.5 Å². The van der Waals surface area contributed by atoms with Crippen molar-refractivity contribution in [3.05, 3.63) is 34.9 Å². The Morgan fingerprint density at radius 3 is 2.88 bits per heavy atom. The first-order valence-corrected chi connectivity index (χ1v) is 8.11. The molecule has 3 rings (SSSR count). The van der Waals surface area contributed by atoms with E-state index in [0.29, 0.717) is 12.2 Å². The molecule has 0 aliphatic carbocycles. The van der Waals surface area contributed by atoms with Crippen LogP contribution in [0.25, 0.3) is 11.3 Å². The number of amidine groups is 1. The Morgan fingerprint density at radius 2 is 2.21 bits per heavy atom. The lowest BCUT2D eigenvalue weighted by Gasteiger charge is -2.18. The zero-order valence-electron chi connectivity index (χ0n) is 14.2. The van der Waals surface area contributed by atoms with Gasteiger partial charge in [-0.3, -0.25) is 4.79 Å². The van der Waals surface area contributed by atoms with E-state index in [4.69, 9.17) is 10.8 Å². The molecule has 2 aromatic rings. The average molecular weight is 326 g/mol. The van der Waals surface area contributed by atoms with E-state index < -0.39 is 5.91 Å². The number of fused-ring (bicyclic) bond motifs is 1. The zero-order chi connectivity index (χ0) is 17.3. The third-order valence-electron chi connectivity index (χ3n) is 4.09. The minimum Gasteiger partial charge on any atom is -0.370 e. The highest BCUT2D eigenvalue weighted by Crippen LogP contribution is 2.33. The molecule has 1 aromatic heterocycles. The maximum absolute atomic E-state index is 11.6. The lowest BCUT2D eigenvalue weighted by Crippen LogP contribution is -2.29. The number of carbonyl (C=O) groups is 1. The van der Waals surface area contributed by atoms with Gasteiger partial charge in [-0.25, -0.2) is 9.67 Å². The van der Waals surface area contributed by atoms with Crippen molar-refractivity contribution in [2.75, 3.05) is 18.5 Å². The first-order valence-electron chi connectivity index (χ1n) is 8.11. The number of benzene rings is 1. The monoisotopic (exact) mass is 326 g/mol. The molecule has 1 aliphatic heterocycles. The Morgan fingerprint density at radius 1 is 1.42 bits per heavy atom. The summed E-state index contributed by atoms with van der Waals surface area (Å²) in [6, 6.07) is 5.44. The summed E-state index contributed by atoms with van der Waals surface area (Å²) in [5, 5.41) is 11.4. The topological polar surface area (TPSA) is 97.3 Å². The van der Waals surface area contributed by atoms with Gasteiger partial charge in [0.2, 0.25) is 5.91 Å². The molecule has 0 spiro atoms. The van der Waals surface area contributed by atoms with Gasteiger partial charge in [0.25, 0.3) is 0 Å². The summed E-state index contributed by atoms with van der Waals surface area (Å²) in [6.45, 7) is 8.11. The minimum atomic E-state index is -0.446. The fraction of sp³-hybridized carbons (Fsp3) is 0.353. The van der Waals surface area contributed by atoms with E-state index in [-0.39, 0.29) is 0 Å². The molecular formula is C17H22N6O. The van der Waals surface area contributed by atoms with Crippen LogP contribution in [0.3, 0.4) is 0 Å². The Labute approximate surface area is 141 Å². The predicted molar refractivity (Wildman–Crippen MR) is 95.3 cm³/mol. The third kappa shape index (κ3) is 2.62. The van der Waals surface area contributed by atoms with Crippen LogP contribution in [0, 0.1) is 6.92 Å². The molecule has 0 radical (unpaired) electrons. The maximum Gasteiger partial charge on any atom is 0.248 e. The number of aromatic nitrogens is 2. The summed E-state index contributed by atoms with van der Waals surface area (Å²) >= 11 is 0. The van der Waals surface area contributed by atoms with Crippen molar-refractivity contribution in [2.45, 2.75) is 27.3 Å². The molecule has 0 bridgehead atoms. The number of carbonyl (C=O) groups excluding carboxylic acids is 1. The van der Waals surface area contributed by atoms with Crippen molar-refractivity contribution in [3.63, 3.8) is 0 Å². The van der Waals surface area contributed by atoms with E-state index in [1.54, 1.807) is 12.1 Å². The van der Waals surface area contributed by atoms with E-state index in [1.165, 1.54) is 0 Å². The molecule has 0 atom stereocenters. The van der Waals surface area contributed by atoms with Crippen molar-refractivity contribution >= 4 is 17.6 Å². The highest BCUT2D eigenvalue weighted by atomic mass is 16.1. The molecule has 7 heteroatoms. The van der Waals surface area contributed by atoms with Crippen molar-refractivity contribution in [2.24, 2.45) is 10.7 Å². The number of nitrogens with two attached hydrogens (primary N) is 1. The number of amides is 1. The molecule has 1 aliphatic rings. The van der Waals surface area contributed by atoms with Crippen LogP contribution >= 0.6 is 0 Å². The fourth-order valence-electron chi connectivity index (χ4n) is 2.90. The molecule has 126 valence electrons. The van der Waals surface area contributed by atoms with Gasteiger partial charge in [0.15, 0.2) is 0 Å². The Bertz CT molecular complexity index is 821. The second-order valence-electron chi connectivity index (χ2n) is 5.65. The summed E-state index contributed by atoms with van der Waals surface area (Å²) in [5.74, 6) is 1.32. The molecular weight excluding hydrogens is 304 g/mol. The van der Waals surface area contributed by atoms with Crippen LogP contribution in [-0.2, 0) is 6.54 Å². The van der Waals surface area contributed by atoms with Crippen molar-refractivity contribution in [3.8, 4) is 11.3 Å². The van der Waals surface area contributed by atoms with Gasteiger partial charge in [0.1, 0.15) is 24.0 Å². The van der Waals surface area contributed by atoms with Gasteiger partial charge in [0.05, 0.1) is 5.56 Å². The molecule has 4 N–H and O–H groups in total. The number of anilines is 1. The molecule has 2 heterocycles. The summed E-state index contributed by atoms with van der Waals surface area (Å²) in [6.07, 6.45) is 0. The van der Waals surface area contributed by atoms with Crippen LogP contribution in [0.5, 0.6) is 0 Å². The predicted octanol–water partition coefficient (Wildman–Crippen LogP) is 1.72. The van der Waals surface area contributed by atoms with Gasteiger partial charge in [0, 0.05) is 24.2 Å². The fourth-order valence-corrected chi connectivity index (χ4v) is 2.90. The lowest BCUT2D eigenvalue weighted by atomic mass is 9.98. The Hall–Kier alpha value is -2.83. The van der Waals surface area contributed by atoms with E-state index in [2.05, 4.69) is 15.6 Å². The summed E-state index contributed by atoms with van der Waals surface area (Å²) < 4.78 is 1.92. The molecule has 1 amide bonds. The summed E-state index contributed by atoms with van der Waals surface area (Å²) in [5.41, 5.74) is 9.58. The van der Waals surface area contributed by atoms with Gasteiger partial charge < -0.3 is 16.4 Å². The number of nitrogens with one attached hydrogen (secondary N) is 2. The number of aliphatic imine (C=N–C) groups is 1. The summed E-state index contributed by atoms with van der Waals surface area (Å²) in [7, 11) is 0. The molecule has 0 saturated heterocycles. The number of primary amides is 1. The quantitative estimate of drug-likeness (QED) is 0.797. The first kappa shape index (κ1) is 16.0. The highest BCUT2D eigenvalue weighted by Gasteiger charge is 2.26. The van der Waals surface area contributed by atoms with Gasteiger partial charge in [-0.1, -0.05) is 6.07 Å². The van der Waals surface area contributed by atoms with Crippen LogP contribution in [-0.4, -0.2) is 34.7 Å². The van der Waals surface area contributed by atoms with Gasteiger partial charge in [-0.2, -0.15) is 5.10 Å². The average Bonchev–Trinajstić information content (AvgIpc) is 2.95. The van der Waals surface area contributed by atoms with Gasteiger partial charge in [-0.15, -0.1) is 0 Å². The van der Waals surface area contributed by atoms with Gasteiger partial charge in [-0.05, 0) is 38.5 Å². The van der Waals surface area contributed by atoms with E-state index >= 15 is 0 Å². The number of hydrogen-bond acceptors (Lipinski definition) is 5. The van der Waals surface area contributed by atoms with Crippen molar-refractivity contribution in [1.82, 2.24) is 15.1 Å². The number of hydrogen-bond donors (Lipinski definition) is 3. The molecule has 0 fully saturated rings. The molecule has 1 aromatic carbocycles. The molecule has 24 heavy (non-hydrogen) atoms. The van der Waals surface area contributed by atoms with Gasteiger partial charge >= 0.3 is 0 Å². The first-order chi connectivity index (χ1) is 11.6. The molecule has 7 nitrogen and oxygen atoms in total.